The van der Waals surface area contributed by atoms with E-state index < -0.39 is 6.10 Å². The molecule has 0 fully saturated rings. The van der Waals surface area contributed by atoms with E-state index in [1.165, 1.54) is 0 Å². The van der Waals surface area contributed by atoms with Crippen molar-refractivity contribution >= 4 is 22.9 Å². The second-order valence-electron chi connectivity index (χ2n) is 5.11. The third kappa shape index (κ3) is 3.15. The maximum Gasteiger partial charge on any atom is 0.267 e. The van der Waals surface area contributed by atoms with Crippen LogP contribution in [-0.2, 0) is 11.3 Å². The standard InChI is InChI=1S/C17H18N4O2/c1-3-21-15-9-5-4-8-14(15)19-17(21)20-16(22)12(2)23-13-7-6-10-18-11-13/h4-12H,3H2,1-2H3,(H,19,20,22)/t12-/m1/s1. The smallest absolute Gasteiger partial charge is 0.267 e. The maximum atomic E-state index is 12.4. The van der Waals surface area contributed by atoms with E-state index in [9.17, 15) is 4.79 Å². The van der Waals surface area contributed by atoms with Crippen LogP contribution in [0, 0.1) is 0 Å². The van der Waals surface area contributed by atoms with Crippen molar-refractivity contribution in [3.05, 3.63) is 48.8 Å². The Morgan fingerprint density at radius 3 is 2.87 bits per heavy atom. The molecular weight excluding hydrogens is 292 g/mol. The molecule has 3 aromatic rings. The minimum absolute atomic E-state index is 0.251. The SMILES string of the molecule is CCn1c(NC(=O)[C@@H](C)Oc2cccnc2)nc2ccccc21. The number of carbonyl (C=O) groups is 1. The number of amides is 1. The van der Waals surface area contributed by atoms with Crippen LogP contribution < -0.4 is 10.1 Å². The van der Waals surface area contributed by atoms with Gasteiger partial charge in [0, 0.05) is 12.7 Å². The Morgan fingerprint density at radius 1 is 1.30 bits per heavy atom. The Labute approximate surface area is 134 Å². The van der Waals surface area contributed by atoms with Crippen molar-refractivity contribution in [3.8, 4) is 5.75 Å². The summed E-state index contributed by atoms with van der Waals surface area (Å²) in [6.07, 6.45) is 2.58. The number of hydrogen-bond donors (Lipinski definition) is 1. The van der Waals surface area contributed by atoms with Gasteiger partial charge in [0.15, 0.2) is 6.10 Å². The van der Waals surface area contributed by atoms with Gasteiger partial charge in [-0.2, -0.15) is 0 Å². The number of benzene rings is 1. The fourth-order valence-electron chi connectivity index (χ4n) is 2.38. The summed E-state index contributed by atoms with van der Waals surface area (Å²) in [5.41, 5.74) is 1.84. The van der Waals surface area contributed by atoms with Gasteiger partial charge in [-0.15, -0.1) is 0 Å². The monoisotopic (exact) mass is 310 g/mol. The number of imidazole rings is 1. The summed E-state index contributed by atoms with van der Waals surface area (Å²) >= 11 is 0. The molecule has 1 aromatic carbocycles. The molecule has 2 aromatic heterocycles. The second-order valence-corrected chi connectivity index (χ2v) is 5.11. The van der Waals surface area contributed by atoms with Crippen LogP contribution in [0.5, 0.6) is 5.75 Å². The summed E-state index contributed by atoms with van der Waals surface area (Å²) in [4.78, 5) is 20.8. The predicted octanol–water partition coefficient (Wildman–Crippen LogP) is 2.86. The lowest BCUT2D eigenvalue weighted by atomic mass is 10.3. The molecule has 0 aliphatic heterocycles. The van der Waals surface area contributed by atoms with Crippen LogP contribution in [0.1, 0.15) is 13.8 Å². The van der Waals surface area contributed by atoms with Gasteiger partial charge in [-0.25, -0.2) is 4.98 Å². The largest absolute Gasteiger partial charge is 0.479 e. The molecule has 0 bridgehead atoms. The van der Waals surface area contributed by atoms with Crippen LogP contribution in [0.3, 0.4) is 0 Å². The third-order valence-electron chi connectivity index (χ3n) is 3.52. The summed E-state index contributed by atoms with van der Waals surface area (Å²) < 4.78 is 7.55. The highest BCUT2D eigenvalue weighted by molar-refractivity contribution is 5.94. The van der Waals surface area contributed by atoms with Crippen molar-refractivity contribution < 1.29 is 9.53 Å². The van der Waals surface area contributed by atoms with Crippen LogP contribution in [-0.4, -0.2) is 26.5 Å². The number of nitrogens with one attached hydrogen (secondary N) is 1. The van der Waals surface area contributed by atoms with Crippen LogP contribution in [0.4, 0.5) is 5.95 Å². The molecule has 0 saturated heterocycles. The lowest BCUT2D eigenvalue weighted by Gasteiger charge is -2.14. The highest BCUT2D eigenvalue weighted by atomic mass is 16.5. The van der Waals surface area contributed by atoms with Gasteiger partial charge in [-0.3, -0.25) is 15.1 Å². The van der Waals surface area contributed by atoms with Crippen LogP contribution in [0.25, 0.3) is 11.0 Å². The Bertz CT molecular complexity index is 814. The Balaban J connectivity index is 1.77. The zero-order chi connectivity index (χ0) is 16.2. The minimum atomic E-state index is -0.649. The average Bonchev–Trinajstić information content (AvgIpc) is 2.92. The first-order valence-electron chi connectivity index (χ1n) is 7.52. The van der Waals surface area contributed by atoms with Gasteiger partial charge >= 0.3 is 0 Å². The number of carbonyl (C=O) groups excluding carboxylic acids is 1. The number of fused-ring (bicyclic) bond motifs is 1. The molecule has 0 aliphatic rings. The summed E-state index contributed by atoms with van der Waals surface area (Å²) in [5.74, 6) is 0.832. The van der Waals surface area contributed by atoms with Crippen molar-refractivity contribution in [2.75, 3.05) is 5.32 Å². The number of ether oxygens (including phenoxy) is 1. The molecule has 0 spiro atoms. The van der Waals surface area contributed by atoms with Crippen molar-refractivity contribution in [1.29, 1.82) is 0 Å². The molecule has 1 amide bonds. The first-order valence-corrected chi connectivity index (χ1v) is 7.52. The third-order valence-corrected chi connectivity index (χ3v) is 3.52. The molecule has 0 aliphatic carbocycles. The number of nitrogens with zero attached hydrogens (tertiary/aromatic N) is 3. The Kier molecular flexibility index (Phi) is 4.23. The molecule has 0 radical (unpaired) electrons. The van der Waals surface area contributed by atoms with Crippen LogP contribution >= 0.6 is 0 Å². The van der Waals surface area contributed by atoms with Crippen molar-refractivity contribution in [3.63, 3.8) is 0 Å². The minimum Gasteiger partial charge on any atom is -0.479 e. The van der Waals surface area contributed by atoms with Crippen molar-refractivity contribution in [2.45, 2.75) is 26.5 Å². The fraction of sp³-hybridized carbons (Fsp3) is 0.235. The molecule has 1 N–H and O–H groups in total. The van der Waals surface area contributed by atoms with E-state index in [4.69, 9.17) is 4.74 Å². The molecule has 1 atom stereocenters. The number of aryl methyl sites for hydroxylation is 1. The van der Waals surface area contributed by atoms with Crippen molar-refractivity contribution in [2.24, 2.45) is 0 Å². The topological polar surface area (TPSA) is 69.0 Å². The van der Waals surface area contributed by atoms with Gasteiger partial charge in [0.1, 0.15) is 5.75 Å². The molecule has 0 unspecified atom stereocenters. The highest BCUT2D eigenvalue weighted by Gasteiger charge is 2.18. The first-order chi connectivity index (χ1) is 11.2. The van der Waals surface area contributed by atoms with Gasteiger partial charge < -0.3 is 9.30 Å². The number of rotatable bonds is 5. The molecule has 2 heterocycles. The molecule has 3 rings (SSSR count). The summed E-state index contributed by atoms with van der Waals surface area (Å²) in [7, 11) is 0. The number of hydrogen-bond acceptors (Lipinski definition) is 4. The van der Waals surface area contributed by atoms with E-state index in [0.29, 0.717) is 18.2 Å². The summed E-state index contributed by atoms with van der Waals surface area (Å²) in [6, 6.07) is 11.3. The van der Waals surface area contributed by atoms with Crippen LogP contribution in [0.2, 0.25) is 0 Å². The molecule has 6 nitrogen and oxygen atoms in total. The van der Waals surface area contributed by atoms with E-state index in [1.54, 1.807) is 31.5 Å². The fourth-order valence-corrected chi connectivity index (χ4v) is 2.38. The molecular formula is C17H18N4O2. The zero-order valence-corrected chi connectivity index (χ0v) is 13.1. The van der Waals surface area contributed by atoms with Gasteiger partial charge in [0.05, 0.1) is 17.2 Å². The molecule has 23 heavy (non-hydrogen) atoms. The van der Waals surface area contributed by atoms with Gasteiger partial charge in [-0.1, -0.05) is 12.1 Å². The highest BCUT2D eigenvalue weighted by Crippen LogP contribution is 2.19. The van der Waals surface area contributed by atoms with E-state index in [0.717, 1.165) is 11.0 Å². The predicted molar refractivity (Wildman–Crippen MR) is 88.4 cm³/mol. The van der Waals surface area contributed by atoms with Crippen LogP contribution in [0.15, 0.2) is 48.8 Å². The quantitative estimate of drug-likeness (QED) is 0.787. The second kappa shape index (κ2) is 6.48. The molecule has 118 valence electrons. The van der Waals surface area contributed by atoms with Gasteiger partial charge in [-0.05, 0) is 38.1 Å². The lowest BCUT2D eigenvalue weighted by molar-refractivity contribution is -0.122. The van der Waals surface area contributed by atoms with Gasteiger partial charge in [0.2, 0.25) is 5.95 Å². The summed E-state index contributed by atoms with van der Waals surface area (Å²) in [6.45, 7) is 4.43. The number of para-hydroxylation sites is 2. The lowest BCUT2D eigenvalue weighted by Crippen LogP contribution is -2.31. The Morgan fingerprint density at radius 2 is 2.13 bits per heavy atom. The average molecular weight is 310 g/mol. The summed E-state index contributed by atoms with van der Waals surface area (Å²) in [5, 5.41) is 2.84. The number of anilines is 1. The number of pyridine rings is 1. The first kappa shape index (κ1) is 15.0. The van der Waals surface area contributed by atoms with E-state index >= 15 is 0 Å². The van der Waals surface area contributed by atoms with E-state index in [1.807, 2.05) is 35.8 Å². The van der Waals surface area contributed by atoms with Gasteiger partial charge in [0.25, 0.3) is 5.91 Å². The molecule has 6 heteroatoms. The zero-order valence-electron chi connectivity index (χ0n) is 13.1. The number of aromatic nitrogens is 3. The van der Waals surface area contributed by atoms with E-state index in [2.05, 4.69) is 15.3 Å². The normalized spacial score (nSPS) is 12.1. The van der Waals surface area contributed by atoms with Crippen molar-refractivity contribution in [1.82, 2.24) is 14.5 Å². The Hall–Kier alpha value is -2.89. The van der Waals surface area contributed by atoms with E-state index in [-0.39, 0.29) is 5.91 Å². The molecule has 0 saturated carbocycles. The maximum absolute atomic E-state index is 12.4.